The van der Waals surface area contributed by atoms with Crippen LogP contribution in [0.15, 0.2) is 204 Å². The second-order valence-electron chi connectivity index (χ2n) is 13.1. The molecule has 1 aromatic heterocycles. The summed E-state index contributed by atoms with van der Waals surface area (Å²) in [6, 6.07) is -32.9. The van der Waals surface area contributed by atoms with Crippen LogP contribution in [-0.4, -0.2) is 0 Å². The molecule has 0 unspecified atom stereocenters. The van der Waals surface area contributed by atoms with E-state index in [1.807, 2.05) is 0 Å². The SMILES string of the molecule is [2H]c1c([2H])c([2H])c(-c2c([2H])c([2H])c(-c3c([2H])c(N(c4c([2H])c([2H])c(-c5c([2H])c([2H])c([2H])c([2H])c5[2H])c([2H])c4[2H])c4c([2H])c([2H])c5c(c4[2H])C(C)(C)c4c([2H])c([2H])c([2H])c([2H])c4-5)c([2H])c4c3oc3c5c([2H])c([2H])c([2H])c([2H])c5c([2H])c([2H])c34)c([2H])c2[2H])c([2H])c1[2H]. The zero-order valence-corrected chi connectivity index (χ0v) is 29.4. The van der Waals surface area contributed by atoms with Crippen molar-refractivity contribution < 1.29 is 49.7 Å². The number of nitrogens with zero attached hydrogens (tertiary/aromatic N) is 1. The highest BCUT2D eigenvalue weighted by Crippen LogP contribution is 2.51. The Morgan fingerprint density at radius 1 is 0.386 bits per heavy atom. The zero-order chi connectivity index (χ0) is 66.8. The lowest BCUT2D eigenvalue weighted by molar-refractivity contribution is 0.660. The number of furan rings is 1. The molecule has 0 fully saturated rings. The van der Waals surface area contributed by atoms with Gasteiger partial charge in [-0.25, -0.2) is 0 Å². The largest absolute Gasteiger partial charge is 0.455 e. The fourth-order valence-corrected chi connectivity index (χ4v) is 6.78. The molecule has 1 heterocycles. The van der Waals surface area contributed by atoms with Crippen LogP contribution < -0.4 is 4.90 Å². The number of rotatable bonds is 6. The number of fused-ring (bicyclic) bond motifs is 8. The first-order valence-corrected chi connectivity index (χ1v) is 17.1. The molecule has 0 aliphatic heterocycles. The third kappa shape index (κ3) is 5.40. The van der Waals surface area contributed by atoms with Crippen molar-refractivity contribution in [2.75, 3.05) is 4.90 Å². The first-order chi connectivity index (χ1) is 41.8. The van der Waals surface area contributed by atoms with E-state index in [0.29, 0.717) is 4.90 Å². The predicted octanol–water partition coefficient (Wildman–Crippen LogP) is 15.5. The molecule has 2 nitrogen and oxygen atoms in total. The summed E-state index contributed by atoms with van der Waals surface area (Å²) in [7, 11) is 0. The second kappa shape index (κ2) is 13.0. The number of benzene rings is 9. The Hall–Kier alpha value is -7.16. The van der Waals surface area contributed by atoms with E-state index in [0.717, 1.165) is 0 Å². The average Bonchev–Trinajstić information content (AvgIpc) is 1.46. The summed E-state index contributed by atoms with van der Waals surface area (Å²) >= 11 is 0. The fourth-order valence-electron chi connectivity index (χ4n) is 6.78. The Labute approximate surface area is 379 Å². The summed E-state index contributed by atoms with van der Waals surface area (Å²) in [5, 5.41) is -2.73. The molecule has 0 bridgehead atoms. The molecule has 1 aliphatic rings. The van der Waals surface area contributed by atoms with Crippen molar-refractivity contribution in [1.82, 2.24) is 0 Å². The van der Waals surface area contributed by atoms with Crippen LogP contribution in [0.1, 0.15) is 70.2 Å². The Bertz CT molecular complexity index is 4970. The summed E-state index contributed by atoms with van der Waals surface area (Å²) in [6.45, 7) is 2.80. The van der Waals surface area contributed by atoms with Gasteiger partial charge in [-0.05, 0) is 97.8 Å². The number of hydrogen-bond donors (Lipinski definition) is 0. The van der Waals surface area contributed by atoms with Gasteiger partial charge in [0.15, 0.2) is 0 Å². The van der Waals surface area contributed by atoms with E-state index in [-0.39, 0.29) is 16.7 Å². The molecule has 0 radical (unpaired) electrons. The molecule has 0 amide bonds. The summed E-state index contributed by atoms with van der Waals surface area (Å²) in [6.07, 6.45) is 0. The Morgan fingerprint density at radius 2 is 0.965 bits per heavy atom. The second-order valence-corrected chi connectivity index (χ2v) is 13.1. The van der Waals surface area contributed by atoms with E-state index in [4.69, 9.17) is 29.1 Å². The Balaban J connectivity index is 1.42. The number of hydrogen-bond acceptors (Lipinski definition) is 2. The topological polar surface area (TPSA) is 16.4 Å². The van der Waals surface area contributed by atoms with Gasteiger partial charge in [0.05, 0.1) is 45.2 Å². The summed E-state index contributed by atoms with van der Waals surface area (Å²) < 4.78 is 308. The van der Waals surface area contributed by atoms with Crippen molar-refractivity contribution in [2.24, 2.45) is 0 Å². The fraction of sp³-hybridized carbons (Fsp3) is 0.0545. The molecule has 0 saturated carbocycles. The molecule has 0 saturated heterocycles. The van der Waals surface area contributed by atoms with Gasteiger partial charge in [-0.1, -0.05) is 171 Å². The normalized spacial score (nSPS) is 21.0. The Morgan fingerprint density at radius 3 is 1.70 bits per heavy atom. The summed E-state index contributed by atoms with van der Waals surface area (Å²) in [4.78, 5) is 0.436. The quantitative estimate of drug-likeness (QED) is 0.168. The maximum absolute atomic E-state index is 10.5. The number of anilines is 3. The van der Waals surface area contributed by atoms with Crippen LogP contribution in [0, 0.1) is 0 Å². The molecule has 1 aliphatic carbocycles. The average molecular weight is 763 g/mol. The Kier molecular flexibility index (Phi) is 3.14. The summed E-state index contributed by atoms with van der Waals surface area (Å²) in [5.41, 5.74) is -13.5. The highest BCUT2D eigenvalue weighted by molar-refractivity contribution is 6.18. The van der Waals surface area contributed by atoms with Crippen LogP contribution in [0.3, 0.4) is 0 Å². The van der Waals surface area contributed by atoms with Crippen LogP contribution in [0.25, 0.3) is 77.2 Å². The van der Waals surface area contributed by atoms with Crippen LogP contribution >= 0.6 is 0 Å². The van der Waals surface area contributed by atoms with Gasteiger partial charge in [0, 0.05) is 44.2 Å². The smallest absolute Gasteiger partial charge is 0.143 e. The molecule has 0 N–H and O–H groups in total. The minimum atomic E-state index is -1.78. The van der Waals surface area contributed by atoms with E-state index in [2.05, 4.69) is 0 Å². The van der Waals surface area contributed by atoms with Crippen molar-refractivity contribution in [1.29, 1.82) is 0 Å². The molecule has 2 heteroatoms. The highest BCUT2D eigenvalue weighted by Gasteiger charge is 2.36. The molecule has 11 rings (SSSR count). The molecule has 270 valence electrons. The van der Waals surface area contributed by atoms with Crippen molar-refractivity contribution in [3.8, 4) is 44.5 Å². The van der Waals surface area contributed by atoms with Crippen molar-refractivity contribution >= 4 is 49.8 Å². The van der Waals surface area contributed by atoms with Gasteiger partial charge < -0.3 is 9.32 Å². The van der Waals surface area contributed by atoms with Gasteiger partial charge in [-0.2, -0.15) is 0 Å². The van der Waals surface area contributed by atoms with Crippen molar-refractivity contribution in [3.63, 3.8) is 0 Å². The monoisotopic (exact) mass is 763 g/mol. The van der Waals surface area contributed by atoms with E-state index in [9.17, 15) is 20.6 Å². The van der Waals surface area contributed by atoms with Crippen LogP contribution in [0.2, 0.25) is 0 Å². The van der Waals surface area contributed by atoms with E-state index in [1.54, 1.807) is 0 Å². The molecule has 10 aromatic rings. The minimum Gasteiger partial charge on any atom is -0.455 e. The molecule has 9 aromatic carbocycles. The molecule has 0 spiro atoms. The summed E-state index contributed by atoms with van der Waals surface area (Å²) in [5.74, 6) is 0. The first-order valence-electron chi connectivity index (χ1n) is 33.6. The van der Waals surface area contributed by atoms with Gasteiger partial charge in [0.1, 0.15) is 11.2 Å². The van der Waals surface area contributed by atoms with Crippen molar-refractivity contribution in [2.45, 2.75) is 19.3 Å². The maximum atomic E-state index is 10.5. The molecular weight excluding hydrogens is 691 g/mol. The van der Waals surface area contributed by atoms with E-state index < -0.39 is 294 Å². The lowest BCUT2D eigenvalue weighted by Gasteiger charge is -2.29. The van der Waals surface area contributed by atoms with Gasteiger partial charge in [0.2, 0.25) is 0 Å². The maximum Gasteiger partial charge on any atom is 0.143 e. The van der Waals surface area contributed by atoms with Crippen LogP contribution in [-0.2, 0) is 5.41 Å². The van der Waals surface area contributed by atoms with Crippen LogP contribution in [0.5, 0.6) is 0 Å². The standard InChI is InChI=1S/C55H39NO/c1-55(2)51-20-12-11-19-46(51)47-32-30-43(35-52(47)55)56(42-28-25-39(26-29-42)37-15-7-4-8-16-37)44-33-49(41-23-21-38(22-24-41)36-13-5-3-6-14-36)54-50(34-44)48-31-27-40-17-9-10-18-45(40)53(48)57-54/h3-35H,1-2H3/i3D,4D,5D,6D,7D,8D,9D,10D,11D,12D,13D,14D,15D,16D,17D,18D,19D,20D,21D,22D,23D,24D,25D,26D,27D,28D,29D,30D,31D,32D,33D,34D,35D. The molecular formula is C55H39NO. The van der Waals surface area contributed by atoms with E-state index in [1.165, 1.54) is 13.8 Å². The van der Waals surface area contributed by atoms with Crippen molar-refractivity contribution in [3.05, 3.63) is 211 Å². The molecule has 0 atom stereocenters. The van der Waals surface area contributed by atoms with Gasteiger partial charge in [0.25, 0.3) is 0 Å². The first kappa shape index (κ1) is 13.8. The lowest BCUT2D eigenvalue weighted by atomic mass is 9.82. The third-order valence-corrected chi connectivity index (χ3v) is 9.49. The minimum absolute atomic E-state index is 0.175. The zero-order valence-electron chi connectivity index (χ0n) is 62.4. The third-order valence-electron chi connectivity index (χ3n) is 9.49. The lowest BCUT2D eigenvalue weighted by Crippen LogP contribution is -2.16. The van der Waals surface area contributed by atoms with Crippen LogP contribution in [0.4, 0.5) is 17.1 Å². The van der Waals surface area contributed by atoms with Gasteiger partial charge in [-0.15, -0.1) is 0 Å². The van der Waals surface area contributed by atoms with Gasteiger partial charge in [-0.3, -0.25) is 0 Å². The molecule has 57 heavy (non-hydrogen) atoms. The predicted molar refractivity (Wildman–Crippen MR) is 240 cm³/mol. The van der Waals surface area contributed by atoms with Gasteiger partial charge >= 0.3 is 0 Å². The highest BCUT2D eigenvalue weighted by atomic mass is 16.3. The van der Waals surface area contributed by atoms with E-state index >= 15 is 0 Å².